The van der Waals surface area contributed by atoms with Crippen LogP contribution in [0.3, 0.4) is 0 Å². The number of benzene rings is 1. The van der Waals surface area contributed by atoms with Crippen LogP contribution >= 0.6 is 11.6 Å². The van der Waals surface area contributed by atoms with Crippen molar-refractivity contribution < 1.29 is 14.3 Å². The van der Waals surface area contributed by atoms with Crippen LogP contribution in [0.2, 0.25) is 0 Å². The van der Waals surface area contributed by atoms with Gasteiger partial charge in [-0.15, -0.1) is 0 Å². The summed E-state index contributed by atoms with van der Waals surface area (Å²) in [4.78, 5) is 30.4. The molecular weight excluding hydrogens is 454 g/mol. The van der Waals surface area contributed by atoms with E-state index < -0.39 is 16.7 Å². The highest BCUT2D eigenvalue weighted by Gasteiger charge is 2.51. The molecule has 0 bridgehead atoms. The summed E-state index contributed by atoms with van der Waals surface area (Å²) < 4.78 is 12.8. The molecule has 0 radical (unpaired) electrons. The molecule has 2 unspecified atom stereocenters. The molecule has 3 N–H and O–H groups in total. The van der Waals surface area contributed by atoms with Gasteiger partial charge >= 0.3 is 0 Å². The number of amides is 1. The molecule has 1 aliphatic carbocycles. The molecule has 8 heteroatoms. The predicted molar refractivity (Wildman–Crippen MR) is 133 cm³/mol. The van der Waals surface area contributed by atoms with Crippen molar-refractivity contribution >= 4 is 23.2 Å². The van der Waals surface area contributed by atoms with Gasteiger partial charge in [-0.1, -0.05) is 30.7 Å². The number of nitrogens with zero attached hydrogens (tertiary/aromatic N) is 1. The molecule has 34 heavy (non-hydrogen) atoms. The number of ether oxygens (including phenoxy) is 2. The average molecular weight is 488 g/mol. The van der Waals surface area contributed by atoms with Gasteiger partial charge in [-0.05, 0) is 63.3 Å². The van der Waals surface area contributed by atoms with Crippen LogP contribution in [0.4, 0.5) is 5.69 Å². The number of carbonyl (C=O) groups is 1. The Kier molecular flexibility index (Phi) is 7.08. The zero-order valence-corrected chi connectivity index (χ0v) is 20.9. The first-order chi connectivity index (χ1) is 16.2. The summed E-state index contributed by atoms with van der Waals surface area (Å²) in [5.41, 5.74) is 8.07. The van der Waals surface area contributed by atoms with Gasteiger partial charge in [-0.2, -0.15) is 0 Å². The summed E-state index contributed by atoms with van der Waals surface area (Å²) in [6, 6.07) is 9.18. The molecule has 1 aromatic heterocycles. The van der Waals surface area contributed by atoms with Gasteiger partial charge in [-0.3, -0.25) is 9.59 Å². The summed E-state index contributed by atoms with van der Waals surface area (Å²) in [6.45, 7) is 6.43. The summed E-state index contributed by atoms with van der Waals surface area (Å²) in [7, 11) is 0. The van der Waals surface area contributed by atoms with Crippen molar-refractivity contribution in [3.05, 3.63) is 63.1 Å². The Morgan fingerprint density at radius 1 is 1.32 bits per heavy atom. The van der Waals surface area contributed by atoms with Crippen molar-refractivity contribution in [2.75, 3.05) is 11.5 Å². The molecule has 4 rings (SSSR count). The number of primary amides is 1. The van der Waals surface area contributed by atoms with E-state index in [0.29, 0.717) is 42.7 Å². The zero-order valence-electron chi connectivity index (χ0n) is 20.2. The Hall–Kier alpha value is -2.35. The van der Waals surface area contributed by atoms with E-state index in [9.17, 15) is 9.59 Å². The SMILES string of the molecule is CCC1(Cl)CC(OC2CCC2)(N(Cc2c(C)cc(C)[nH]c2=O)c2ccccc2C(N)=O)CCO1. The molecule has 7 nitrogen and oxygen atoms in total. The topological polar surface area (TPSA) is 97.6 Å². The molecule has 2 aliphatic rings. The number of aromatic amines is 1. The molecule has 2 heterocycles. The maximum Gasteiger partial charge on any atom is 0.253 e. The van der Waals surface area contributed by atoms with Gasteiger partial charge < -0.3 is 25.1 Å². The smallest absolute Gasteiger partial charge is 0.253 e. The lowest BCUT2D eigenvalue weighted by atomic mass is 9.90. The Morgan fingerprint density at radius 3 is 2.68 bits per heavy atom. The Labute approximate surface area is 205 Å². The molecule has 184 valence electrons. The average Bonchev–Trinajstić information content (AvgIpc) is 2.76. The second-order valence-corrected chi connectivity index (χ2v) is 10.2. The largest absolute Gasteiger partial charge is 0.366 e. The number of carbonyl (C=O) groups excluding carboxylic acids is 1. The van der Waals surface area contributed by atoms with Gasteiger partial charge in [0.25, 0.3) is 11.5 Å². The number of rotatable bonds is 8. The second-order valence-electron chi connectivity index (χ2n) is 9.54. The summed E-state index contributed by atoms with van der Waals surface area (Å²) in [6.07, 6.45) is 4.69. The molecule has 1 aliphatic heterocycles. The van der Waals surface area contributed by atoms with E-state index >= 15 is 0 Å². The van der Waals surface area contributed by atoms with E-state index in [0.717, 1.165) is 30.5 Å². The number of nitrogens with two attached hydrogens (primary N) is 1. The van der Waals surface area contributed by atoms with Crippen molar-refractivity contribution in [3.63, 3.8) is 0 Å². The molecule has 2 aromatic rings. The van der Waals surface area contributed by atoms with Crippen molar-refractivity contribution in [2.24, 2.45) is 5.73 Å². The van der Waals surface area contributed by atoms with Gasteiger partial charge in [0.15, 0.2) is 0 Å². The number of halogens is 1. The van der Waals surface area contributed by atoms with E-state index in [1.807, 2.05) is 43.9 Å². The molecular formula is C26H34ClN3O4. The third kappa shape index (κ3) is 4.88. The van der Waals surface area contributed by atoms with Crippen molar-refractivity contribution in [1.82, 2.24) is 4.98 Å². The number of pyridine rings is 1. The predicted octanol–water partition coefficient (Wildman–Crippen LogP) is 4.52. The highest BCUT2D eigenvalue weighted by atomic mass is 35.5. The van der Waals surface area contributed by atoms with E-state index in [4.69, 9.17) is 26.8 Å². The fourth-order valence-electron chi connectivity index (χ4n) is 4.97. The quantitative estimate of drug-likeness (QED) is 0.421. The monoisotopic (exact) mass is 487 g/mol. The van der Waals surface area contributed by atoms with Crippen LogP contribution in [0.25, 0.3) is 0 Å². The van der Waals surface area contributed by atoms with Crippen molar-refractivity contribution in [1.29, 1.82) is 0 Å². The number of alkyl halides is 1. The molecule has 1 aromatic carbocycles. The fourth-order valence-corrected chi connectivity index (χ4v) is 5.25. The van der Waals surface area contributed by atoms with Crippen molar-refractivity contribution in [2.45, 2.75) is 82.7 Å². The third-order valence-electron chi connectivity index (χ3n) is 7.12. The maximum absolute atomic E-state index is 13.0. The Balaban J connectivity index is 1.89. The van der Waals surface area contributed by atoms with Crippen LogP contribution in [0.15, 0.2) is 35.1 Å². The normalized spacial score (nSPS) is 25.1. The van der Waals surface area contributed by atoms with Gasteiger partial charge in [0.2, 0.25) is 0 Å². The number of hydrogen-bond donors (Lipinski definition) is 2. The van der Waals surface area contributed by atoms with E-state index in [1.165, 1.54) is 0 Å². The van der Waals surface area contributed by atoms with Gasteiger partial charge in [0, 0.05) is 24.1 Å². The van der Waals surface area contributed by atoms with Crippen LogP contribution in [-0.2, 0) is 16.0 Å². The number of anilines is 1. The molecule has 1 saturated heterocycles. The van der Waals surface area contributed by atoms with Crippen LogP contribution < -0.4 is 16.2 Å². The lowest BCUT2D eigenvalue weighted by Crippen LogP contribution is -2.60. The minimum atomic E-state index is -0.906. The maximum atomic E-state index is 13.0. The fraction of sp³-hybridized carbons (Fsp3) is 0.538. The van der Waals surface area contributed by atoms with Crippen molar-refractivity contribution in [3.8, 4) is 0 Å². The standard InChI is InChI=1S/C26H34ClN3O4/c1-4-25(27)16-26(12-13-33-25,34-19-8-7-9-19)30(22-11-6-5-10-20(22)23(28)31)15-21-17(2)14-18(3)29-24(21)32/h5-6,10-11,14,19H,4,7-9,12-13,15-16H2,1-3H3,(H2,28,31)(H,29,32). The van der Waals surface area contributed by atoms with Gasteiger partial charge in [-0.25, -0.2) is 0 Å². The summed E-state index contributed by atoms with van der Waals surface area (Å²) >= 11 is 6.92. The number of H-pyrrole nitrogens is 1. The number of nitrogens with one attached hydrogen (secondary N) is 1. The summed E-state index contributed by atoms with van der Waals surface area (Å²) in [5.74, 6) is -0.534. The number of hydrogen-bond acceptors (Lipinski definition) is 5. The Bertz CT molecular complexity index is 1120. The third-order valence-corrected chi connectivity index (χ3v) is 7.63. The molecule has 0 spiro atoms. The minimum Gasteiger partial charge on any atom is -0.366 e. The van der Waals surface area contributed by atoms with Crippen LogP contribution in [-0.4, -0.2) is 34.4 Å². The van der Waals surface area contributed by atoms with Crippen LogP contribution in [0.1, 0.15) is 72.6 Å². The molecule has 2 fully saturated rings. The van der Waals surface area contributed by atoms with Gasteiger partial charge in [0.05, 0.1) is 30.5 Å². The minimum absolute atomic E-state index is 0.0940. The van der Waals surface area contributed by atoms with E-state index in [2.05, 4.69) is 4.98 Å². The second kappa shape index (κ2) is 9.72. The number of aryl methyl sites for hydroxylation is 2. The zero-order chi connectivity index (χ0) is 24.5. The van der Waals surface area contributed by atoms with Crippen LogP contribution in [0, 0.1) is 13.8 Å². The first kappa shape index (κ1) is 24.8. The van der Waals surface area contributed by atoms with E-state index in [1.54, 1.807) is 12.1 Å². The molecule has 2 atom stereocenters. The lowest BCUT2D eigenvalue weighted by Gasteiger charge is -2.53. The van der Waals surface area contributed by atoms with Crippen LogP contribution in [0.5, 0.6) is 0 Å². The lowest BCUT2D eigenvalue weighted by molar-refractivity contribution is -0.190. The Morgan fingerprint density at radius 2 is 2.06 bits per heavy atom. The highest BCUT2D eigenvalue weighted by molar-refractivity contribution is 6.23. The first-order valence-corrected chi connectivity index (χ1v) is 12.4. The van der Waals surface area contributed by atoms with Gasteiger partial charge in [0.1, 0.15) is 10.8 Å². The molecule has 1 saturated carbocycles. The number of aromatic nitrogens is 1. The molecule has 1 amide bonds. The highest BCUT2D eigenvalue weighted by Crippen LogP contribution is 2.46. The summed E-state index contributed by atoms with van der Waals surface area (Å²) in [5, 5.41) is -0.906. The van der Waals surface area contributed by atoms with E-state index in [-0.39, 0.29) is 18.2 Å². The first-order valence-electron chi connectivity index (χ1n) is 12.0. The number of para-hydroxylation sites is 1.